The quantitative estimate of drug-likeness (QED) is 0.614. The predicted molar refractivity (Wildman–Crippen MR) is 81.6 cm³/mol. The smallest absolute Gasteiger partial charge is 0.241 e. The Morgan fingerprint density at radius 1 is 1.30 bits per heavy atom. The van der Waals surface area contributed by atoms with E-state index in [1.165, 1.54) is 0 Å². The maximum absolute atomic E-state index is 12.4. The van der Waals surface area contributed by atoms with Crippen LogP contribution in [0.15, 0.2) is 0 Å². The lowest BCUT2D eigenvalue weighted by atomic mass is 10.1. The van der Waals surface area contributed by atoms with Crippen LogP contribution in [0, 0.1) is 0 Å². The summed E-state index contributed by atoms with van der Waals surface area (Å²) in [6.45, 7) is 7.24. The molecule has 1 fully saturated rings. The Balaban J connectivity index is 2.32. The molecule has 2 atom stereocenters. The van der Waals surface area contributed by atoms with E-state index < -0.39 is 0 Å². The van der Waals surface area contributed by atoms with E-state index in [4.69, 9.17) is 4.74 Å². The number of hydrogen-bond acceptors (Lipinski definition) is 4. The van der Waals surface area contributed by atoms with Crippen LogP contribution in [-0.2, 0) is 9.53 Å². The van der Waals surface area contributed by atoms with E-state index >= 15 is 0 Å². The van der Waals surface area contributed by atoms with Crippen molar-refractivity contribution in [3.63, 3.8) is 0 Å². The van der Waals surface area contributed by atoms with Gasteiger partial charge in [-0.05, 0) is 26.9 Å². The molecule has 5 nitrogen and oxygen atoms in total. The molecule has 118 valence electrons. The van der Waals surface area contributed by atoms with Crippen LogP contribution in [0.2, 0.25) is 0 Å². The Kier molecular flexibility index (Phi) is 8.11. The summed E-state index contributed by atoms with van der Waals surface area (Å²) in [5, 5.41) is 3.45. The van der Waals surface area contributed by atoms with E-state index in [1.807, 2.05) is 19.0 Å². The predicted octanol–water partition coefficient (Wildman–Crippen LogP) is 1.29. The van der Waals surface area contributed by atoms with Gasteiger partial charge in [-0.25, -0.2) is 0 Å². The third-order valence-electron chi connectivity index (χ3n) is 3.74. The molecular formula is C15H31N3O2. The summed E-state index contributed by atoms with van der Waals surface area (Å²) in [7, 11) is 4.06. The average Bonchev–Trinajstić information content (AvgIpc) is 2.72. The van der Waals surface area contributed by atoms with Gasteiger partial charge in [-0.3, -0.25) is 10.1 Å². The highest BCUT2D eigenvalue weighted by molar-refractivity contribution is 5.84. The summed E-state index contributed by atoms with van der Waals surface area (Å²) in [6, 6.07) is 0.0154. The van der Waals surface area contributed by atoms with Gasteiger partial charge in [-0.15, -0.1) is 0 Å². The highest BCUT2D eigenvalue weighted by Crippen LogP contribution is 2.17. The van der Waals surface area contributed by atoms with Gasteiger partial charge in [0.2, 0.25) is 5.91 Å². The Morgan fingerprint density at radius 2 is 2.05 bits per heavy atom. The maximum Gasteiger partial charge on any atom is 0.241 e. The SMILES string of the molecule is CCCCC1NC(CC)N(CCOCCN(C)C)C1=O. The lowest BCUT2D eigenvalue weighted by molar-refractivity contribution is -0.131. The first-order valence-electron chi connectivity index (χ1n) is 7.89. The van der Waals surface area contributed by atoms with Crippen molar-refractivity contribution in [3.8, 4) is 0 Å². The normalized spacial score (nSPS) is 23.1. The topological polar surface area (TPSA) is 44.8 Å². The minimum absolute atomic E-state index is 0.0154. The average molecular weight is 285 g/mol. The molecule has 1 heterocycles. The molecule has 0 aromatic rings. The number of nitrogens with one attached hydrogen (secondary N) is 1. The Morgan fingerprint density at radius 3 is 2.65 bits per heavy atom. The zero-order valence-electron chi connectivity index (χ0n) is 13.5. The third-order valence-corrected chi connectivity index (χ3v) is 3.74. The van der Waals surface area contributed by atoms with Crippen LogP contribution in [0.3, 0.4) is 0 Å². The molecule has 1 amide bonds. The number of nitrogens with zero attached hydrogens (tertiary/aromatic N) is 2. The molecule has 0 aliphatic carbocycles. The van der Waals surface area contributed by atoms with Gasteiger partial charge in [-0.2, -0.15) is 0 Å². The van der Waals surface area contributed by atoms with Gasteiger partial charge in [0.25, 0.3) is 0 Å². The molecule has 20 heavy (non-hydrogen) atoms. The Labute approximate surface area is 123 Å². The summed E-state index contributed by atoms with van der Waals surface area (Å²) in [5.74, 6) is 0.251. The molecule has 0 spiro atoms. The first kappa shape index (κ1) is 17.4. The summed E-state index contributed by atoms with van der Waals surface area (Å²) in [5.41, 5.74) is 0. The van der Waals surface area contributed by atoms with Gasteiger partial charge in [0.1, 0.15) is 0 Å². The van der Waals surface area contributed by atoms with E-state index in [9.17, 15) is 4.79 Å². The molecule has 0 aromatic carbocycles. The molecule has 0 bridgehead atoms. The van der Waals surface area contributed by atoms with Gasteiger partial charge < -0.3 is 14.5 Å². The van der Waals surface area contributed by atoms with Crippen molar-refractivity contribution < 1.29 is 9.53 Å². The number of unbranched alkanes of at least 4 members (excludes halogenated alkanes) is 1. The summed E-state index contributed by atoms with van der Waals surface area (Å²) in [6.07, 6.45) is 4.32. The van der Waals surface area contributed by atoms with Gasteiger partial charge in [0.05, 0.1) is 25.4 Å². The number of carbonyl (C=O) groups excluding carboxylic acids is 1. The van der Waals surface area contributed by atoms with Crippen molar-refractivity contribution in [1.82, 2.24) is 15.1 Å². The Bertz CT molecular complexity index is 284. The monoisotopic (exact) mass is 285 g/mol. The fourth-order valence-electron chi connectivity index (χ4n) is 2.48. The van der Waals surface area contributed by atoms with E-state index in [2.05, 4.69) is 24.1 Å². The van der Waals surface area contributed by atoms with E-state index in [0.717, 1.165) is 38.8 Å². The minimum atomic E-state index is 0.0154. The van der Waals surface area contributed by atoms with Gasteiger partial charge >= 0.3 is 0 Å². The second-order valence-electron chi connectivity index (χ2n) is 5.73. The van der Waals surface area contributed by atoms with Crippen molar-refractivity contribution in [2.75, 3.05) is 40.4 Å². The Hall–Kier alpha value is -0.650. The minimum Gasteiger partial charge on any atom is -0.378 e. The first-order chi connectivity index (χ1) is 9.60. The molecule has 1 rings (SSSR count). The van der Waals surface area contributed by atoms with Crippen molar-refractivity contribution in [3.05, 3.63) is 0 Å². The third kappa shape index (κ3) is 5.38. The largest absolute Gasteiger partial charge is 0.378 e. The van der Waals surface area contributed by atoms with Gasteiger partial charge in [-0.1, -0.05) is 26.7 Å². The molecule has 0 radical (unpaired) electrons. The van der Waals surface area contributed by atoms with Crippen molar-refractivity contribution in [2.45, 2.75) is 51.7 Å². The van der Waals surface area contributed by atoms with Crippen LogP contribution in [0.5, 0.6) is 0 Å². The number of likely N-dealkylation sites (N-methyl/N-ethyl adjacent to an activating group) is 1. The molecule has 0 saturated carbocycles. The molecule has 5 heteroatoms. The standard InChI is InChI=1S/C15H31N3O2/c1-5-7-8-13-15(19)18(14(6-2)16-13)10-12-20-11-9-17(3)4/h13-14,16H,5-12H2,1-4H3. The highest BCUT2D eigenvalue weighted by Gasteiger charge is 2.36. The molecular weight excluding hydrogens is 254 g/mol. The number of ether oxygens (including phenoxy) is 1. The lowest BCUT2D eigenvalue weighted by Crippen LogP contribution is -2.39. The van der Waals surface area contributed by atoms with Crippen LogP contribution < -0.4 is 5.32 Å². The van der Waals surface area contributed by atoms with Crippen molar-refractivity contribution in [2.24, 2.45) is 0 Å². The zero-order valence-corrected chi connectivity index (χ0v) is 13.5. The summed E-state index contributed by atoms with van der Waals surface area (Å²) in [4.78, 5) is 16.4. The molecule has 1 aliphatic rings. The maximum atomic E-state index is 12.4. The number of carbonyl (C=O) groups is 1. The number of rotatable bonds is 10. The van der Waals surface area contributed by atoms with Crippen molar-refractivity contribution >= 4 is 5.91 Å². The molecule has 1 N–H and O–H groups in total. The fourth-order valence-corrected chi connectivity index (χ4v) is 2.48. The second-order valence-corrected chi connectivity index (χ2v) is 5.73. The first-order valence-corrected chi connectivity index (χ1v) is 7.89. The second kappa shape index (κ2) is 9.32. The van der Waals surface area contributed by atoms with Crippen LogP contribution >= 0.6 is 0 Å². The van der Waals surface area contributed by atoms with Crippen molar-refractivity contribution in [1.29, 1.82) is 0 Å². The molecule has 1 aliphatic heterocycles. The number of amides is 1. The lowest BCUT2D eigenvalue weighted by Gasteiger charge is -2.23. The van der Waals surface area contributed by atoms with Crippen LogP contribution in [0.1, 0.15) is 39.5 Å². The van der Waals surface area contributed by atoms with Gasteiger partial charge in [0, 0.05) is 13.1 Å². The van der Waals surface area contributed by atoms with Crippen LogP contribution in [0.25, 0.3) is 0 Å². The fraction of sp³-hybridized carbons (Fsp3) is 0.933. The van der Waals surface area contributed by atoms with Crippen LogP contribution in [0.4, 0.5) is 0 Å². The van der Waals surface area contributed by atoms with E-state index in [1.54, 1.807) is 0 Å². The highest BCUT2D eigenvalue weighted by atomic mass is 16.5. The summed E-state index contributed by atoms with van der Waals surface area (Å²) >= 11 is 0. The molecule has 0 aromatic heterocycles. The molecule has 1 saturated heterocycles. The van der Waals surface area contributed by atoms with Crippen LogP contribution in [-0.4, -0.2) is 68.3 Å². The summed E-state index contributed by atoms with van der Waals surface area (Å²) < 4.78 is 5.60. The van der Waals surface area contributed by atoms with E-state index in [0.29, 0.717) is 13.2 Å². The molecule has 2 unspecified atom stereocenters. The van der Waals surface area contributed by atoms with E-state index in [-0.39, 0.29) is 18.1 Å². The zero-order chi connectivity index (χ0) is 15.0. The van der Waals surface area contributed by atoms with Gasteiger partial charge in [0.15, 0.2) is 0 Å². The number of hydrogen-bond donors (Lipinski definition) is 1.